The second kappa shape index (κ2) is 8.56. The van der Waals surface area contributed by atoms with E-state index in [0.29, 0.717) is 35.7 Å². The van der Waals surface area contributed by atoms with Gasteiger partial charge in [-0.2, -0.15) is 0 Å². The lowest BCUT2D eigenvalue weighted by molar-refractivity contribution is 0.0653. The van der Waals surface area contributed by atoms with E-state index in [2.05, 4.69) is 40.4 Å². The first-order valence-electron chi connectivity index (χ1n) is 9.17. The van der Waals surface area contributed by atoms with Crippen molar-refractivity contribution in [3.63, 3.8) is 0 Å². The zero-order valence-corrected chi connectivity index (χ0v) is 17.4. The number of imide groups is 1. The van der Waals surface area contributed by atoms with Gasteiger partial charge < -0.3 is 10.6 Å². The molecule has 0 bridgehead atoms. The maximum atomic E-state index is 12.4. The highest BCUT2D eigenvalue weighted by molar-refractivity contribution is 9.10. The SMILES string of the molecule is CC(C)c1ccc(NC(=O)NCCCN2C(=O)c3ccc(Br)cc3C2=O)cc1. The molecule has 2 aromatic carbocycles. The minimum Gasteiger partial charge on any atom is -0.338 e. The monoisotopic (exact) mass is 443 g/mol. The number of carbonyl (C=O) groups excluding carboxylic acids is 3. The van der Waals surface area contributed by atoms with Crippen LogP contribution in [-0.2, 0) is 0 Å². The fourth-order valence-corrected chi connectivity index (χ4v) is 3.39. The van der Waals surface area contributed by atoms with Crippen LogP contribution >= 0.6 is 15.9 Å². The molecule has 1 aliphatic rings. The summed E-state index contributed by atoms with van der Waals surface area (Å²) in [7, 11) is 0. The van der Waals surface area contributed by atoms with Gasteiger partial charge in [-0.25, -0.2) is 4.79 Å². The van der Waals surface area contributed by atoms with Gasteiger partial charge in [-0.15, -0.1) is 0 Å². The first kappa shape index (κ1) is 20.1. The molecule has 3 rings (SSSR count). The summed E-state index contributed by atoms with van der Waals surface area (Å²) in [6.07, 6.45) is 0.479. The van der Waals surface area contributed by atoms with E-state index in [4.69, 9.17) is 0 Å². The fraction of sp³-hybridized carbons (Fsp3) is 0.286. The summed E-state index contributed by atoms with van der Waals surface area (Å²) in [5.41, 5.74) is 2.76. The van der Waals surface area contributed by atoms with Crippen molar-refractivity contribution in [1.29, 1.82) is 0 Å². The molecule has 0 aliphatic carbocycles. The van der Waals surface area contributed by atoms with Crippen molar-refractivity contribution in [1.82, 2.24) is 10.2 Å². The minimum absolute atomic E-state index is 0.257. The lowest BCUT2D eigenvalue weighted by atomic mass is 10.0. The molecule has 2 aromatic rings. The maximum absolute atomic E-state index is 12.4. The van der Waals surface area contributed by atoms with Crippen molar-refractivity contribution < 1.29 is 14.4 Å². The predicted octanol–water partition coefficient (Wildman–Crippen LogP) is 4.38. The van der Waals surface area contributed by atoms with Crippen molar-refractivity contribution in [3.05, 3.63) is 63.6 Å². The van der Waals surface area contributed by atoms with Gasteiger partial charge in [0, 0.05) is 23.2 Å². The Bertz CT molecular complexity index is 910. The van der Waals surface area contributed by atoms with E-state index in [0.717, 1.165) is 4.47 Å². The van der Waals surface area contributed by atoms with Gasteiger partial charge in [-0.05, 0) is 48.2 Å². The van der Waals surface area contributed by atoms with Crippen LogP contribution in [0.15, 0.2) is 46.9 Å². The van der Waals surface area contributed by atoms with Gasteiger partial charge in [0.25, 0.3) is 11.8 Å². The second-order valence-electron chi connectivity index (χ2n) is 6.96. The molecule has 0 aromatic heterocycles. The Morgan fingerprint density at radius 1 is 1.04 bits per heavy atom. The molecule has 0 spiro atoms. The average molecular weight is 444 g/mol. The molecule has 6 nitrogen and oxygen atoms in total. The van der Waals surface area contributed by atoms with Gasteiger partial charge >= 0.3 is 6.03 Å². The summed E-state index contributed by atoms with van der Waals surface area (Å²) in [6.45, 7) is 4.84. The largest absolute Gasteiger partial charge is 0.338 e. The number of hydrogen-bond donors (Lipinski definition) is 2. The number of rotatable bonds is 6. The standard InChI is InChI=1S/C21H22BrN3O3/c1-13(2)14-4-7-16(8-5-14)24-21(28)23-10-3-11-25-19(26)17-9-6-15(22)12-18(17)20(25)27/h4-9,12-13H,3,10-11H2,1-2H3,(H2,23,24,28). The van der Waals surface area contributed by atoms with Crippen LogP contribution in [0.1, 0.15) is 52.5 Å². The zero-order chi connectivity index (χ0) is 20.3. The van der Waals surface area contributed by atoms with E-state index in [9.17, 15) is 14.4 Å². The van der Waals surface area contributed by atoms with E-state index < -0.39 is 0 Å². The summed E-state index contributed by atoms with van der Waals surface area (Å²) in [5, 5.41) is 5.52. The Hall–Kier alpha value is -2.67. The second-order valence-corrected chi connectivity index (χ2v) is 7.88. The summed E-state index contributed by atoms with van der Waals surface area (Å²) in [6, 6.07) is 12.4. The highest BCUT2D eigenvalue weighted by Gasteiger charge is 2.34. The van der Waals surface area contributed by atoms with Gasteiger partial charge in [0.1, 0.15) is 0 Å². The van der Waals surface area contributed by atoms with E-state index >= 15 is 0 Å². The van der Waals surface area contributed by atoms with Crippen LogP contribution in [0.5, 0.6) is 0 Å². The van der Waals surface area contributed by atoms with Crippen LogP contribution in [0.3, 0.4) is 0 Å². The van der Waals surface area contributed by atoms with Crippen molar-refractivity contribution in [2.24, 2.45) is 0 Å². The van der Waals surface area contributed by atoms with Crippen molar-refractivity contribution in [3.8, 4) is 0 Å². The van der Waals surface area contributed by atoms with Crippen LogP contribution < -0.4 is 10.6 Å². The third-order valence-electron chi connectivity index (χ3n) is 4.61. The van der Waals surface area contributed by atoms with Crippen molar-refractivity contribution in [2.75, 3.05) is 18.4 Å². The van der Waals surface area contributed by atoms with Crippen LogP contribution in [0.2, 0.25) is 0 Å². The van der Waals surface area contributed by atoms with Gasteiger partial charge in [-0.3, -0.25) is 14.5 Å². The highest BCUT2D eigenvalue weighted by atomic mass is 79.9. The Morgan fingerprint density at radius 3 is 2.39 bits per heavy atom. The molecule has 1 heterocycles. The minimum atomic E-state index is -0.316. The molecule has 7 heteroatoms. The normalized spacial score (nSPS) is 13.1. The number of halogens is 1. The number of benzene rings is 2. The average Bonchev–Trinajstić information content (AvgIpc) is 2.89. The van der Waals surface area contributed by atoms with Crippen molar-refractivity contribution in [2.45, 2.75) is 26.2 Å². The molecule has 0 saturated heterocycles. The molecular weight excluding hydrogens is 422 g/mol. The predicted molar refractivity (Wildman–Crippen MR) is 112 cm³/mol. The molecule has 146 valence electrons. The number of fused-ring (bicyclic) bond motifs is 1. The Kier molecular flexibility index (Phi) is 6.14. The van der Waals surface area contributed by atoms with Gasteiger partial charge in [0.2, 0.25) is 0 Å². The molecule has 2 N–H and O–H groups in total. The van der Waals surface area contributed by atoms with E-state index in [1.54, 1.807) is 18.2 Å². The van der Waals surface area contributed by atoms with E-state index in [-0.39, 0.29) is 24.4 Å². The highest BCUT2D eigenvalue weighted by Crippen LogP contribution is 2.26. The van der Waals surface area contributed by atoms with Crippen LogP contribution in [-0.4, -0.2) is 35.8 Å². The molecular formula is C21H22BrN3O3. The first-order chi connectivity index (χ1) is 13.4. The number of nitrogens with zero attached hydrogens (tertiary/aromatic N) is 1. The molecule has 4 amide bonds. The quantitative estimate of drug-likeness (QED) is 0.513. The summed E-state index contributed by atoms with van der Waals surface area (Å²) >= 11 is 3.31. The molecule has 0 saturated carbocycles. The third-order valence-corrected chi connectivity index (χ3v) is 5.11. The Morgan fingerprint density at radius 2 is 1.71 bits per heavy atom. The van der Waals surface area contributed by atoms with Crippen LogP contribution in [0, 0.1) is 0 Å². The number of nitrogens with one attached hydrogen (secondary N) is 2. The van der Waals surface area contributed by atoms with Gasteiger partial charge in [-0.1, -0.05) is 41.9 Å². The molecule has 28 heavy (non-hydrogen) atoms. The van der Waals surface area contributed by atoms with Crippen molar-refractivity contribution >= 4 is 39.5 Å². The molecule has 0 radical (unpaired) electrons. The fourth-order valence-electron chi connectivity index (χ4n) is 3.03. The molecule has 1 aliphatic heterocycles. The van der Waals surface area contributed by atoms with E-state index in [1.165, 1.54) is 10.5 Å². The van der Waals surface area contributed by atoms with E-state index in [1.807, 2.05) is 24.3 Å². The smallest absolute Gasteiger partial charge is 0.319 e. The molecule has 0 unspecified atom stereocenters. The lowest BCUT2D eigenvalue weighted by Gasteiger charge is -2.14. The summed E-state index contributed by atoms with van der Waals surface area (Å²) < 4.78 is 0.758. The number of anilines is 1. The summed E-state index contributed by atoms with van der Waals surface area (Å²) in [5.74, 6) is -0.149. The Labute approximate surface area is 172 Å². The van der Waals surface area contributed by atoms with Gasteiger partial charge in [0.15, 0.2) is 0 Å². The molecule has 0 fully saturated rings. The first-order valence-corrected chi connectivity index (χ1v) is 9.96. The third kappa shape index (κ3) is 4.42. The number of urea groups is 1. The zero-order valence-electron chi connectivity index (χ0n) is 15.8. The maximum Gasteiger partial charge on any atom is 0.319 e. The number of carbonyl (C=O) groups is 3. The number of amides is 4. The Balaban J connectivity index is 1.45. The van der Waals surface area contributed by atoms with Crippen LogP contribution in [0.25, 0.3) is 0 Å². The number of hydrogen-bond acceptors (Lipinski definition) is 3. The lowest BCUT2D eigenvalue weighted by Crippen LogP contribution is -2.35. The topological polar surface area (TPSA) is 78.5 Å². The van der Waals surface area contributed by atoms with Crippen LogP contribution in [0.4, 0.5) is 10.5 Å². The molecule has 0 atom stereocenters. The van der Waals surface area contributed by atoms with Gasteiger partial charge in [0.05, 0.1) is 11.1 Å². The summed E-state index contributed by atoms with van der Waals surface area (Å²) in [4.78, 5) is 38.0.